The van der Waals surface area contributed by atoms with Gasteiger partial charge in [0.15, 0.2) is 0 Å². The molecule has 0 saturated carbocycles. The van der Waals surface area contributed by atoms with Crippen LogP contribution in [0.3, 0.4) is 0 Å². The Balaban J connectivity index is 1.85. The van der Waals surface area contributed by atoms with E-state index in [1.54, 1.807) is 4.68 Å². The lowest BCUT2D eigenvalue weighted by molar-refractivity contribution is -0.116. The number of nitrogens with one attached hydrogen (secondary N) is 1. The van der Waals surface area contributed by atoms with Crippen molar-refractivity contribution in [2.45, 2.75) is 20.3 Å². The van der Waals surface area contributed by atoms with Gasteiger partial charge >= 0.3 is 0 Å². The number of hydrogen-bond acceptors (Lipinski definition) is 3. The van der Waals surface area contributed by atoms with E-state index in [1.165, 1.54) is 0 Å². The molecular formula is C15H18BrN3O2. The molecule has 1 aromatic carbocycles. The number of anilines is 1. The predicted molar refractivity (Wildman–Crippen MR) is 85.6 cm³/mol. The standard InChI is InChI=1S/C15H18BrN3O2/c1-10-15(11(2)19(3)18-10)17-14(20)7-8-21-13-6-4-5-12(16)9-13/h4-6,9H,7-8H2,1-3H3,(H,17,20). The summed E-state index contributed by atoms with van der Waals surface area (Å²) < 4.78 is 8.25. The summed E-state index contributed by atoms with van der Waals surface area (Å²) in [7, 11) is 1.86. The third-order valence-corrected chi connectivity index (χ3v) is 3.66. The van der Waals surface area contributed by atoms with Crippen LogP contribution in [0.25, 0.3) is 0 Å². The highest BCUT2D eigenvalue weighted by Gasteiger charge is 2.12. The van der Waals surface area contributed by atoms with Crippen LogP contribution in [0.1, 0.15) is 17.8 Å². The van der Waals surface area contributed by atoms with E-state index in [2.05, 4.69) is 26.3 Å². The molecule has 0 spiro atoms. The molecule has 0 aliphatic heterocycles. The summed E-state index contributed by atoms with van der Waals surface area (Å²) in [6.45, 7) is 4.13. The molecule has 0 fully saturated rings. The number of halogens is 1. The molecule has 21 heavy (non-hydrogen) atoms. The molecule has 0 aliphatic rings. The first-order valence-corrected chi connectivity index (χ1v) is 7.45. The lowest BCUT2D eigenvalue weighted by Gasteiger charge is -2.08. The van der Waals surface area contributed by atoms with Crippen LogP contribution < -0.4 is 10.1 Å². The van der Waals surface area contributed by atoms with E-state index in [4.69, 9.17) is 4.74 Å². The van der Waals surface area contributed by atoms with E-state index in [-0.39, 0.29) is 5.91 Å². The maximum atomic E-state index is 11.9. The SMILES string of the molecule is Cc1nn(C)c(C)c1NC(=O)CCOc1cccc(Br)c1. The van der Waals surface area contributed by atoms with Crippen molar-refractivity contribution in [1.82, 2.24) is 9.78 Å². The number of amides is 1. The van der Waals surface area contributed by atoms with E-state index in [1.807, 2.05) is 45.2 Å². The van der Waals surface area contributed by atoms with Crippen molar-refractivity contribution in [3.63, 3.8) is 0 Å². The van der Waals surface area contributed by atoms with E-state index in [9.17, 15) is 4.79 Å². The van der Waals surface area contributed by atoms with Gasteiger partial charge in [-0.1, -0.05) is 22.0 Å². The van der Waals surface area contributed by atoms with Gasteiger partial charge in [0.25, 0.3) is 0 Å². The fourth-order valence-electron chi connectivity index (χ4n) is 1.97. The molecule has 112 valence electrons. The summed E-state index contributed by atoms with van der Waals surface area (Å²) in [4.78, 5) is 11.9. The van der Waals surface area contributed by atoms with Gasteiger partial charge in [0.1, 0.15) is 5.75 Å². The molecule has 1 heterocycles. The molecule has 1 aromatic heterocycles. The lowest BCUT2D eigenvalue weighted by atomic mass is 10.3. The quantitative estimate of drug-likeness (QED) is 0.899. The number of aryl methyl sites for hydroxylation is 2. The Bertz CT molecular complexity index is 652. The average molecular weight is 352 g/mol. The third kappa shape index (κ3) is 4.07. The fraction of sp³-hybridized carbons (Fsp3) is 0.333. The van der Waals surface area contributed by atoms with E-state index in [0.29, 0.717) is 13.0 Å². The van der Waals surface area contributed by atoms with Crippen molar-refractivity contribution >= 4 is 27.5 Å². The minimum absolute atomic E-state index is 0.0794. The molecule has 0 bridgehead atoms. The zero-order valence-electron chi connectivity index (χ0n) is 12.3. The summed E-state index contributed by atoms with van der Waals surface area (Å²) in [6, 6.07) is 7.54. The Morgan fingerprint density at radius 3 is 2.81 bits per heavy atom. The van der Waals surface area contributed by atoms with Crippen LogP contribution in [-0.2, 0) is 11.8 Å². The summed E-state index contributed by atoms with van der Waals surface area (Å²) in [5, 5.41) is 7.15. The van der Waals surface area contributed by atoms with Crippen molar-refractivity contribution < 1.29 is 9.53 Å². The van der Waals surface area contributed by atoms with Gasteiger partial charge in [-0.25, -0.2) is 0 Å². The van der Waals surface area contributed by atoms with Gasteiger partial charge in [-0.05, 0) is 32.0 Å². The number of nitrogens with zero attached hydrogens (tertiary/aromatic N) is 2. The highest BCUT2D eigenvalue weighted by Crippen LogP contribution is 2.19. The molecule has 0 unspecified atom stereocenters. The molecule has 1 amide bonds. The van der Waals surface area contributed by atoms with Crippen LogP contribution in [0, 0.1) is 13.8 Å². The molecule has 0 aliphatic carbocycles. The number of carbonyl (C=O) groups is 1. The van der Waals surface area contributed by atoms with Crippen molar-refractivity contribution in [2.75, 3.05) is 11.9 Å². The van der Waals surface area contributed by atoms with Gasteiger partial charge in [-0.2, -0.15) is 5.10 Å². The van der Waals surface area contributed by atoms with E-state index in [0.717, 1.165) is 27.3 Å². The number of rotatable bonds is 5. The summed E-state index contributed by atoms with van der Waals surface area (Å²) >= 11 is 3.38. The normalized spacial score (nSPS) is 10.5. The molecule has 0 saturated heterocycles. The number of hydrogen-bond donors (Lipinski definition) is 1. The molecule has 2 aromatic rings. The van der Waals surface area contributed by atoms with Gasteiger partial charge in [0, 0.05) is 11.5 Å². The summed E-state index contributed by atoms with van der Waals surface area (Å²) in [6.07, 6.45) is 0.292. The molecule has 0 radical (unpaired) electrons. The lowest BCUT2D eigenvalue weighted by Crippen LogP contribution is -2.16. The predicted octanol–water partition coefficient (Wildman–Crippen LogP) is 3.21. The average Bonchev–Trinajstić information content (AvgIpc) is 2.65. The topological polar surface area (TPSA) is 56.2 Å². The maximum absolute atomic E-state index is 11.9. The van der Waals surface area contributed by atoms with Gasteiger partial charge in [0.2, 0.25) is 5.91 Å². The van der Waals surface area contributed by atoms with Gasteiger partial charge in [-0.3, -0.25) is 9.48 Å². The zero-order valence-corrected chi connectivity index (χ0v) is 13.9. The van der Waals surface area contributed by atoms with Crippen LogP contribution in [0.2, 0.25) is 0 Å². The molecular weight excluding hydrogens is 334 g/mol. The Hall–Kier alpha value is -1.82. The monoisotopic (exact) mass is 351 g/mol. The Labute approximate surface area is 132 Å². The molecule has 6 heteroatoms. The maximum Gasteiger partial charge on any atom is 0.227 e. The Kier molecular flexibility index (Phi) is 5.01. The van der Waals surface area contributed by atoms with E-state index < -0.39 is 0 Å². The highest BCUT2D eigenvalue weighted by atomic mass is 79.9. The number of benzene rings is 1. The van der Waals surface area contributed by atoms with Crippen molar-refractivity contribution in [2.24, 2.45) is 7.05 Å². The first-order chi connectivity index (χ1) is 9.97. The largest absolute Gasteiger partial charge is 0.493 e. The summed E-state index contributed by atoms with van der Waals surface area (Å²) in [5.74, 6) is 0.662. The van der Waals surface area contributed by atoms with Crippen molar-refractivity contribution in [1.29, 1.82) is 0 Å². The first-order valence-electron chi connectivity index (χ1n) is 6.66. The molecule has 2 rings (SSSR count). The number of ether oxygens (including phenoxy) is 1. The highest BCUT2D eigenvalue weighted by molar-refractivity contribution is 9.10. The van der Waals surface area contributed by atoms with Crippen LogP contribution in [-0.4, -0.2) is 22.3 Å². The Morgan fingerprint density at radius 1 is 1.43 bits per heavy atom. The Morgan fingerprint density at radius 2 is 2.19 bits per heavy atom. The fourth-order valence-corrected chi connectivity index (χ4v) is 2.35. The van der Waals surface area contributed by atoms with Gasteiger partial charge < -0.3 is 10.1 Å². The number of carbonyl (C=O) groups excluding carboxylic acids is 1. The van der Waals surface area contributed by atoms with Crippen LogP contribution in [0.15, 0.2) is 28.7 Å². The minimum Gasteiger partial charge on any atom is -0.493 e. The zero-order chi connectivity index (χ0) is 15.4. The van der Waals surface area contributed by atoms with Crippen LogP contribution in [0.5, 0.6) is 5.75 Å². The number of aromatic nitrogens is 2. The van der Waals surface area contributed by atoms with Crippen LogP contribution >= 0.6 is 15.9 Å². The van der Waals surface area contributed by atoms with Crippen LogP contribution in [0.4, 0.5) is 5.69 Å². The van der Waals surface area contributed by atoms with Crippen molar-refractivity contribution in [3.05, 3.63) is 40.1 Å². The van der Waals surface area contributed by atoms with E-state index >= 15 is 0 Å². The second kappa shape index (κ2) is 6.76. The summed E-state index contributed by atoms with van der Waals surface area (Å²) in [5.41, 5.74) is 2.54. The van der Waals surface area contributed by atoms with Gasteiger partial charge in [0.05, 0.1) is 30.1 Å². The minimum atomic E-state index is -0.0794. The molecule has 5 nitrogen and oxygen atoms in total. The second-order valence-corrected chi connectivity index (χ2v) is 5.69. The van der Waals surface area contributed by atoms with Crippen molar-refractivity contribution in [3.8, 4) is 5.75 Å². The van der Waals surface area contributed by atoms with Gasteiger partial charge in [-0.15, -0.1) is 0 Å². The molecule has 0 atom stereocenters. The second-order valence-electron chi connectivity index (χ2n) is 4.77. The third-order valence-electron chi connectivity index (χ3n) is 3.17. The first kappa shape index (κ1) is 15.6. The molecule has 1 N–H and O–H groups in total. The smallest absolute Gasteiger partial charge is 0.227 e.